The molecule has 0 aliphatic rings. The molecule has 22 heavy (non-hydrogen) atoms. The van der Waals surface area contributed by atoms with Gasteiger partial charge in [-0.2, -0.15) is 0 Å². The largest absolute Gasteiger partial charge is 0.486 e. The Morgan fingerprint density at radius 1 is 1.18 bits per heavy atom. The Balaban J connectivity index is 2.04. The number of benzene rings is 1. The fourth-order valence-electron chi connectivity index (χ4n) is 1.57. The number of furan rings is 1. The molecule has 0 saturated heterocycles. The number of ether oxygens (including phenoxy) is 1. The highest BCUT2D eigenvalue weighted by Crippen LogP contribution is 2.21. The minimum Gasteiger partial charge on any atom is -0.486 e. The van der Waals surface area contributed by atoms with Gasteiger partial charge in [0.2, 0.25) is 5.09 Å². The molecule has 0 amide bonds. The second-order valence-electron chi connectivity index (χ2n) is 4.55. The van der Waals surface area contributed by atoms with Crippen LogP contribution < -0.4 is 4.74 Å². The first-order chi connectivity index (χ1) is 10.3. The van der Waals surface area contributed by atoms with Gasteiger partial charge in [-0.3, -0.25) is 10.1 Å². The van der Waals surface area contributed by atoms with Gasteiger partial charge in [-0.05, 0) is 24.3 Å². The summed E-state index contributed by atoms with van der Waals surface area (Å²) in [4.78, 5) is 10.0. The number of nitro groups is 1. The van der Waals surface area contributed by atoms with Crippen LogP contribution in [0.2, 0.25) is 0 Å². The SMILES string of the molecule is CN(C)S(=O)(=O)c1ccc(COc2ccc([N+](=O)[O-])cc2)o1. The number of non-ortho nitro benzene ring substituents is 1. The Hall–Kier alpha value is -2.39. The second kappa shape index (κ2) is 6.16. The lowest BCUT2D eigenvalue weighted by atomic mass is 10.3. The van der Waals surface area contributed by atoms with Crippen LogP contribution in [0.4, 0.5) is 5.69 Å². The minimum atomic E-state index is -3.62. The Morgan fingerprint density at radius 2 is 1.82 bits per heavy atom. The number of nitro benzene ring substituents is 1. The van der Waals surface area contributed by atoms with E-state index in [1.54, 1.807) is 0 Å². The number of nitrogens with zero attached hydrogens (tertiary/aromatic N) is 2. The molecule has 0 saturated carbocycles. The highest BCUT2D eigenvalue weighted by molar-refractivity contribution is 7.88. The van der Waals surface area contributed by atoms with Gasteiger partial charge in [0.1, 0.15) is 18.1 Å². The van der Waals surface area contributed by atoms with Crippen LogP contribution in [0.1, 0.15) is 5.76 Å². The maximum Gasteiger partial charge on any atom is 0.275 e. The van der Waals surface area contributed by atoms with Crippen molar-refractivity contribution in [1.29, 1.82) is 0 Å². The van der Waals surface area contributed by atoms with Crippen LogP contribution in [-0.2, 0) is 16.6 Å². The third-order valence-corrected chi connectivity index (χ3v) is 4.49. The summed E-state index contributed by atoms with van der Waals surface area (Å²) in [7, 11) is -0.803. The van der Waals surface area contributed by atoms with Crippen LogP contribution in [-0.4, -0.2) is 31.7 Å². The molecule has 8 nitrogen and oxygen atoms in total. The molecule has 0 atom stereocenters. The second-order valence-corrected chi connectivity index (χ2v) is 6.63. The average molecular weight is 326 g/mol. The summed E-state index contributed by atoms with van der Waals surface area (Å²) in [5, 5.41) is 10.4. The molecule has 118 valence electrons. The van der Waals surface area contributed by atoms with E-state index >= 15 is 0 Å². The quantitative estimate of drug-likeness (QED) is 0.594. The van der Waals surface area contributed by atoms with Crippen LogP contribution >= 0.6 is 0 Å². The lowest BCUT2D eigenvalue weighted by Crippen LogP contribution is -2.21. The summed E-state index contributed by atoms with van der Waals surface area (Å²) in [5.74, 6) is 0.748. The number of hydrogen-bond donors (Lipinski definition) is 0. The summed E-state index contributed by atoms with van der Waals surface area (Å²) in [6, 6.07) is 8.40. The average Bonchev–Trinajstić information content (AvgIpc) is 2.95. The van der Waals surface area contributed by atoms with Crippen LogP contribution in [0.3, 0.4) is 0 Å². The van der Waals surface area contributed by atoms with E-state index in [-0.39, 0.29) is 17.4 Å². The van der Waals surface area contributed by atoms with Crippen LogP contribution in [0.5, 0.6) is 5.75 Å². The van der Waals surface area contributed by atoms with Crippen LogP contribution in [0.15, 0.2) is 45.9 Å². The lowest BCUT2D eigenvalue weighted by molar-refractivity contribution is -0.384. The van der Waals surface area contributed by atoms with Crippen molar-refractivity contribution in [2.45, 2.75) is 11.7 Å². The molecule has 1 heterocycles. The van der Waals surface area contributed by atoms with Crippen molar-refractivity contribution in [2.75, 3.05) is 14.1 Å². The molecule has 0 radical (unpaired) electrons. The third-order valence-electron chi connectivity index (χ3n) is 2.80. The van der Waals surface area contributed by atoms with E-state index in [2.05, 4.69) is 0 Å². The Kier molecular flexibility index (Phi) is 4.48. The van der Waals surface area contributed by atoms with Crippen molar-refractivity contribution in [2.24, 2.45) is 0 Å². The molecule has 1 aromatic carbocycles. The molecule has 0 spiro atoms. The molecule has 0 bridgehead atoms. The third kappa shape index (κ3) is 3.43. The van der Waals surface area contributed by atoms with E-state index in [1.165, 1.54) is 50.5 Å². The standard InChI is InChI=1S/C13H14N2O6S/c1-14(2)22(18,19)13-8-7-12(21-13)9-20-11-5-3-10(4-6-11)15(16)17/h3-8H,9H2,1-2H3. The monoisotopic (exact) mass is 326 g/mol. The van der Waals surface area contributed by atoms with E-state index in [0.717, 1.165) is 4.31 Å². The van der Waals surface area contributed by atoms with Crippen molar-refractivity contribution in [1.82, 2.24) is 4.31 Å². The summed E-state index contributed by atoms with van der Waals surface area (Å²) >= 11 is 0. The number of rotatable bonds is 6. The fourth-order valence-corrected chi connectivity index (χ4v) is 2.39. The van der Waals surface area contributed by atoms with E-state index in [0.29, 0.717) is 11.5 Å². The van der Waals surface area contributed by atoms with Crippen LogP contribution in [0.25, 0.3) is 0 Å². The van der Waals surface area contributed by atoms with Gasteiger partial charge in [-0.1, -0.05) is 0 Å². The van der Waals surface area contributed by atoms with Gasteiger partial charge in [0.05, 0.1) is 4.92 Å². The first-order valence-corrected chi connectivity index (χ1v) is 7.63. The zero-order valence-electron chi connectivity index (χ0n) is 11.9. The highest BCUT2D eigenvalue weighted by atomic mass is 32.2. The van der Waals surface area contributed by atoms with E-state index in [4.69, 9.17) is 9.15 Å². The van der Waals surface area contributed by atoms with E-state index in [1.807, 2.05) is 0 Å². The molecule has 0 fully saturated rings. The molecule has 0 N–H and O–H groups in total. The molecule has 1 aromatic heterocycles. The molecule has 2 rings (SSSR count). The Labute approximate surface area is 127 Å². The lowest BCUT2D eigenvalue weighted by Gasteiger charge is -2.08. The topological polar surface area (TPSA) is 103 Å². The molecule has 2 aromatic rings. The Morgan fingerprint density at radius 3 is 2.36 bits per heavy atom. The zero-order valence-corrected chi connectivity index (χ0v) is 12.7. The summed E-state index contributed by atoms with van der Waals surface area (Å²) in [5.41, 5.74) is -0.0373. The molecule has 0 aliphatic heterocycles. The van der Waals surface area contributed by atoms with Gasteiger partial charge in [0.25, 0.3) is 15.7 Å². The number of hydrogen-bond acceptors (Lipinski definition) is 6. The van der Waals surface area contributed by atoms with Gasteiger partial charge < -0.3 is 9.15 Å². The first kappa shape index (κ1) is 16.0. The predicted molar refractivity (Wildman–Crippen MR) is 77.0 cm³/mol. The first-order valence-electron chi connectivity index (χ1n) is 6.19. The zero-order chi connectivity index (χ0) is 16.3. The van der Waals surface area contributed by atoms with Crippen molar-refractivity contribution >= 4 is 15.7 Å². The molecular weight excluding hydrogens is 312 g/mol. The maximum absolute atomic E-state index is 11.8. The van der Waals surface area contributed by atoms with Crippen molar-refractivity contribution in [3.05, 3.63) is 52.3 Å². The summed E-state index contributed by atoms with van der Waals surface area (Å²) in [6.07, 6.45) is 0. The van der Waals surface area contributed by atoms with Gasteiger partial charge >= 0.3 is 0 Å². The smallest absolute Gasteiger partial charge is 0.275 e. The molecule has 9 heteroatoms. The normalized spacial score (nSPS) is 11.6. The molecule has 0 unspecified atom stereocenters. The highest BCUT2D eigenvalue weighted by Gasteiger charge is 2.21. The van der Waals surface area contributed by atoms with Gasteiger partial charge in [0, 0.05) is 26.2 Å². The molecule has 0 aliphatic carbocycles. The van der Waals surface area contributed by atoms with E-state index in [9.17, 15) is 18.5 Å². The van der Waals surface area contributed by atoms with Gasteiger partial charge in [-0.25, -0.2) is 12.7 Å². The van der Waals surface area contributed by atoms with Crippen molar-refractivity contribution in [3.63, 3.8) is 0 Å². The van der Waals surface area contributed by atoms with Crippen molar-refractivity contribution in [3.8, 4) is 5.75 Å². The summed E-state index contributed by atoms with van der Waals surface area (Å²) in [6.45, 7) is 0.0146. The van der Waals surface area contributed by atoms with E-state index < -0.39 is 14.9 Å². The number of sulfonamides is 1. The fraction of sp³-hybridized carbons (Fsp3) is 0.231. The van der Waals surface area contributed by atoms with Crippen LogP contribution in [0, 0.1) is 10.1 Å². The van der Waals surface area contributed by atoms with Crippen molar-refractivity contribution < 1.29 is 22.5 Å². The predicted octanol–water partition coefficient (Wildman–Crippen LogP) is 2.02. The summed E-state index contributed by atoms with van der Waals surface area (Å²) < 4.78 is 35.4. The maximum atomic E-state index is 11.8. The minimum absolute atomic E-state index is 0.0146. The van der Waals surface area contributed by atoms with Gasteiger partial charge in [0.15, 0.2) is 0 Å². The molecular formula is C13H14N2O6S. The Bertz CT molecular complexity index is 764. The van der Waals surface area contributed by atoms with Gasteiger partial charge in [-0.15, -0.1) is 0 Å².